The summed E-state index contributed by atoms with van der Waals surface area (Å²) in [6.07, 6.45) is 1.34. The Morgan fingerprint density at radius 1 is 1.22 bits per heavy atom. The van der Waals surface area contributed by atoms with Gasteiger partial charge in [0, 0.05) is 40.5 Å². The number of carbonyl (C=O) groups is 3. The standard InChI is InChI=1S/C18H19N3O5S/c1-11(18(24)25)9-17(23)19-13-3-5-14(6-4-13)27-8-7-16(22)20-15-10-12(2)26-21-15/h3-6,9-10H,7-8H2,1-2H3,(H,19,23)(H,24,25)(H,20,21,22). The molecule has 2 amide bonds. The average molecular weight is 389 g/mol. The fourth-order valence-electron chi connectivity index (χ4n) is 1.96. The summed E-state index contributed by atoms with van der Waals surface area (Å²) < 4.78 is 4.88. The number of aryl methyl sites for hydroxylation is 1. The van der Waals surface area contributed by atoms with Gasteiger partial charge in [0.05, 0.1) is 0 Å². The third-order valence-electron chi connectivity index (χ3n) is 3.30. The molecular formula is C18H19N3O5S. The minimum Gasteiger partial charge on any atom is -0.478 e. The predicted octanol–water partition coefficient (Wildman–Crippen LogP) is 3.07. The van der Waals surface area contributed by atoms with Crippen molar-refractivity contribution in [3.8, 4) is 0 Å². The van der Waals surface area contributed by atoms with Crippen LogP contribution in [0.4, 0.5) is 11.5 Å². The number of anilines is 2. The molecule has 0 aliphatic heterocycles. The molecule has 0 unspecified atom stereocenters. The minimum absolute atomic E-state index is 0.0428. The summed E-state index contributed by atoms with van der Waals surface area (Å²) in [5, 5.41) is 17.7. The number of hydrogen-bond donors (Lipinski definition) is 3. The molecule has 1 heterocycles. The summed E-state index contributed by atoms with van der Waals surface area (Å²) in [5.41, 5.74) is 0.511. The zero-order valence-corrected chi connectivity index (χ0v) is 15.6. The fraction of sp³-hybridized carbons (Fsp3) is 0.222. The molecule has 142 valence electrons. The molecule has 1 aromatic heterocycles. The Labute approximate surface area is 160 Å². The van der Waals surface area contributed by atoms with Gasteiger partial charge in [-0.05, 0) is 38.1 Å². The number of aromatic nitrogens is 1. The number of aliphatic carboxylic acids is 1. The van der Waals surface area contributed by atoms with Crippen LogP contribution in [0.1, 0.15) is 19.1 Å². The summed E-state index contributed by atoms with van der Waals surface area (Å²) in [5.74, 6) is -0.195. The van der Waals surface area contributed by atoms with Gasteiger partial charge in [-0.25, -0.2) is 4.79 Å². The molecule has 0 fully saturated rings. The molecule has 2 aromatic rings. The topological polar surface area (TPSA) is 122 Å². The highest BCUT2D eigenvalue weighted by Crippen LogP contribution is 2.21. The first-order chi connectivity index (χ1) is 12.8. The molecule has 9 heteroatoms. The van der Waals surface area contributed by atoms with Crippen molar-refractivity contribution in [1.82, 2.24) is 5.16 Å². The van der Waals surface area contributed by atoms with Crippen LogP contribution in [0.15, 0.2) is 51.4 Å². The van der Waals surface area contributed by atoms with E-state index in [1.807, 2.05) is 12.1 Å². The van der Waals surface area contributed by atoms with Gasteiger partial charge in [-0.2, -0.15) is 0 Å². The molecule has 0 aliphatic rings. The maximum atomic E-state index is 11.8. The van der Waals surface area contributed by atoms with E-state index in [-0.39, 0.29) is 11.5 Å². The lowest BCUT2D eigenvalue weighted by Crippen LogP contribution is -2.12. The second-order valence-electron chi connectivity index (χ2n) is 5.62. The van der Waals surface area contributed by atoms with Gasteiger partial charge in [0.1, 0.15) is 5.76 Å². The second-order valence-corrected chi connectivity index (χ2v) is 6.78. The van der Waals surface area contributed by atoms with Crippen LogP contribution in [-0.4, -0.2) is 33.8 Å². The molecule has 0 saturated carbocycles. The fourth-order valence-corrected chi connectivity index (χ4v) is 2.82. The SMILES string of the molecule is CC(=CC(=O)Nc1ccc(SCCC(=O)Nc2cc(C)on2)cc1)C(=O)O. The quantitative estimate of drug-likeness (QED) is 0.468. The Bertz CT molecular complexity index is 858. The van der Waals surface area contributed by atoms with Crippen LogP contribution in [0.3, 0.4) is 0 Å². The molecule has 1 aromatic carbocycles. The lowest BCUT2D eigenvalue weighted by Gasteiger charge is -2.05. The van der Waals surface area contributed by atoms with Crippen molar-refractivity contribution in [2.75, 3.05) is 16.4 Å². The van der Waals surface area contributed by atoms with Crippen molar-refractivity contribution in [2.45, 2.75) is 25.2 Å². The largest absolute Gasteiger partial charge is 0.478 e. The Hall–Kier alpha value is -3.07. The number of nitrogens with zero attached hydrogens (tertiary/aromatic N) is 1. The van der Waals surface area contributed by atoms with E-state index in [1.165, 1.54) is 18.7 Å². The number of amides is 2. The van der Waals surface area contributed by atoms with E-state index in [9.17, 15) is 14.4 Å². The Kier molecular flexibility index (Phi) is 7.18. The van der Waals surface area contributed by atoms with Crippen LogP contribution in [0.2, 0.25) is 0 Å². The Morgan fingerprint density at radius 3 is 2.52 bits per heavy atom. The number of carboxylic acid groups (broad SMARTS) is 1. The molecule has 0 atom stereocenters. The number of nitrogens with one attached hydrogen (secondary N) is 2. The van der Waals surface area contributed by atoms with Gasteiger partial charge in [-0.15, -0.1) is 11.8 Å². The maximum absolute atomic E-state index is 11.8. The summed E-state index contributed by atoms with van der Waals surface area (Å²) >= 11 is 1.50. The monoisotopic (exact) mass is 389 g/mol. The summed E-state index contributed by atoms with van der Waals surface area (Å²) in [6, 6.07) is 8.69. The van der Waals surface area contributed by atoms with Gasteiger partial charge >= 0.3 is 5.97 Å². The van der Waals surface area contributed by atoms with Crippen molar-refractivity contribution in [2.24, 2.45) is 0 Å². The van der Waals surface area contributed by atoms with E-state index in [2.05, 4.69) is 15.8 Å². The van der Waals surface area contributed by atoms with E-state index in [0.29, 0.717) is 29.4 Å². The number of carboxylic acids is 1. The third-order valence-corrected chi connectivity index (χ3v) is 4.31. The lowest BCUT2D eigenvalue weighted by molar-refractivity contribution is -0.132. The van der Waals surface area contributed by atoms with Crippen molar-refractivity contribution >= 4 is 41.1 Å². The van der Waals surface area contributed by atoms with Gasteiger partial charge in [-0.1, -0.05) is 5.16 Å². The van der Waals surface area contributed by atoms with Crippen LogP contribution < -0.4 is 10.6 Å². The molecule has 0 saturated heterocycles. The lowest BCUT2D eigenvalue weighted by atomic mass is 10.2. The van der Waals surface area contributed by atoms with E-state index >= 15 is 0 Å². The number of rotatable bonds is 8. The summed E-state index contributed by atoms with van der Waals surface area (Å²) in [6.45, 7) is 3.09. The number of carbonyl (C=O) groups excluding carboxylic acids is 2. The summed E-state index contributed by atoms with van der Waals surface area (Å²) in [4.78, 5) is 35.2. The maximum Gasteiger partial charge on any atom is 0.331 e. The molecular weight excluding hydrogens is 370 g/mol. The Morgan fingerprint density at radius 2 is 1.93 bits per heavy atom. The Balaban J connectivity index is 1.76. The van der Waals surface area contributed by atoms with Crippen molar-refractivity contribution in [3.63, 3.8) is 0 Å². The molecule has 3 N–H and O–H groups in total. The predicted molar refractivity (Wildman–Crippen MR) is 102 cm³/mol. The van der Waals surface area contributed by atoms with Crippen molar-refractivity contribution in [3.05, 3.63) is 47.7 Å². The normalized spacial score (nSPS) is 11.1. The number of thioether (sulfide) groups is 1. The van der Waals surface area contributed by atoms with E-state index in [4.69, 9.17) is 9.63 Å². The second kappa shape index (κ2) is 9.58. The summed E-state index contributed by atoms with van der Waals surface area (Å²) in [7, 11) is 0. The highest BCUT2D eigenvalue weighted by atomic mass is 32.2. The van der Waals surface area contributed by atoms with Gasteiger partial charge in [0.2, 0.25) is 11.8 Å². The van der Waals surface area contributed by atoms with Gasteiger partial charge in [0.25, 0.3) is 0 Å². The molecule has 0 bridgehead atoms. The van der Waals surface area contributed by atoms with E-state index in [0.717, 1.165) is 11.0 Å². The molecule has 0 spiro atoms. The smallest absolute Gasteiger partial charge is 0.331 e. The minimum atomic E-state index is -1.14. The molecule has 2 rings (SSSR count). The molecule has 8 nitrogen and oxygen atoms in total. The average Bonchev–Trinajstić information content (AvgIpc) is 3.01. The van der Waals surface area contributed by atoms with Crippen molar-refractivity contribution < 1.29 is 24.0 Å². The first kappa shape index (κ1) is 20.2. The van der Waals surface area contributed by atoms with Gasteiger partial charge < -0.3 is 20.3 Å². The van der Waals surface area contributed by atoms with E-state index in [1.54, 1.807) is 25.1 Å². The van der Waals surface area contributed by atoms with Crippen molar-refractivity contribution in [1.29, 1.82) is 0 Å². The highest BCUT2D eigenvalue weighted by molar-refractivity contribution is 7.99. The zero-order chi connectivity index (χ0) is 19.8. The highest BCUT2D eigenvalue weighted by Gasteiger charge is 2.07. The van der Waals surface area contributed by atoms with Crippen LogP contribution in [0.5, 0.6) is 0 Å². The number of hydrogen-bond acceptors (Lipinski definition) is 6. The molecule has 27 heavy (non-hydrogen) atoms. The number of benzene rings is 1. The van der Waals surface area contributed by atoms with Crippen LogP contribution in [0, 0.1) is 6.92 Å². The third kappa shape index (κ3) is 6.98. The first-order valence-corrected chi connectivity index (χ1v) is 9.00. The van der Waals surface area contributed by atoms with E-state index < -0.39 is 11.9 Å². The molecule has 0 radical (unpaired) electrons. The molecule has 0 aliphatic carbocycles. The van der Waals surface area contributed by atoms with Crippen LogP contribution >= 0.6 is 11.8 Å². The zero-order valence-electron chi connectivity index (χ0n) is 14.8. The van der Waals surface area contributed by atoms with Gasteiger partial charge in [0.15, 0.2) is 5.82 Å². The first-order valence-electron chi connectivity index (χ1n) is 8.02. The van der Waals surface area contributed by atoms with Gasteiger partial charge in [-0.3, -0.25) is 9.59 Å². The van der Waals surface area contributed by atoms with Crippen LogP contribution in [0.25, 0.3) is 0 Å². The van der Waals surface area contributed by atoms with Crippen LogP contribution in [-0.2, 0) is 14.4 Å².